The van der Waals surface area contributed by atoms with E-state index in [1.807, 2.05) is 6.92 Å². The standard InChI is InChI=1S/C27H27NO8/c1-16-6-11-21-22(12-16)26(32)28(25(21)31)14-24(30)35-15-23(29)17-7-9-19(10-8-17)36-27(33)18-4-3-5-20(13-18)34-2/h3-5,7-10,13,16,21-22H,6,11-12,14-15H2,1-2H3. The summed E-state index contributed by atoms with van der Waals surface area (Å²) >= 11 is 0. The van der Waals surface area contributed by atoms with Gasteiger partial charge in [-0.3, -0.25) is 24.1 Å². The second-order valence-corrected chi connectivity index (χ2v) is 9.12. The minimum atomic E-state index is -0.819. The number of amides is 2. The lowest BCUT2D eigenvalue weighted by atomic mass is 9.76. The summed E-state index contributed by atoms with van der Waals surface area (Å²) < 4.78 is 15.4. The van der Waals surface area contributed by atoms with Crippen molar-refractivity contribution in [1.82, 2.24) is 4.90 Å². The number of likely N-dealkylation sites (tertiary alicyclic amines) is 1. The molecule has 36 heavy (non-hydrogen) atoms. The monoisotopic (exact) mass is 493 g/mol. The SMILES string of the molecule is COc1cccc(C(=O)Oc2ccc(C(=O)COC(=O)CN3C(=O)C4CCC(C)CC4C3=O)cc2)c1. The van der Waals surface area contributed by atoms with Crippen LogP contribution in [0.3, 0.4) is 0 Å². The second kappa shape index (κ2) is 10.7. The van der Waals surface area contributed by atoms with Gasteiger partial charge in [0.2, 0.25) is 11.8 Å². The molecule has 1 aliphatic heterocycles. The Balaban J connectivity index is 1.27. The van der Waals surface area contributed by atoms with Crippen LogP contribution < -0.4 is 9.47 Å². The minimum Gasteiger partial charge on any atom is -0.497 e. The van der Waals surface area contributed by atoms with E-state index in [-0.39, 0.29) is 35.0 Å². The molecule has 9 heteroatoms. The number of Topliss-reactive ketones (excluding diaryl/α,β-unsaturated/α-hetero) is 1. The number of carbonyl (C=O) groups is 5. The highest BCUT2D eigenvalue weighted by Crippen LogP contribution is 2.40. The van der Waals surface area contributed by atoms with E-state index in [0.717, 1.165) is 11.3 Å². The van der Waals surface area contributed by atoms with Crippen LogP contribution in [0.25, 0.3) is 0 Å². The highest BCUT2D eigenvalue weighted by molar-refractivity contribution is 6.07. The molecule has 2 amide bonds. The number of nitrogens with zero attached hydrogens (tertiary/aromatic N) is 1. The minimum absolute atomic E-state index is 0.234. The Morgan fingerprint density at radius 2 is 1.64 bits per heavy atom. The maximum Gasteiger partial charge on any atom is 0.343 e. The van der Waals surface area contributed by atoms with Gasteiger partial charge in [-0.05, 0) is 67.6 Å². The van der Waals surface area contributed by atoms with Crippen molar-refractivity contribution in [3.63, 3.8) is 0 Å². The molecule has 1 saturated carbocycles. The maximum absolute atomic E-state index is 12.6. The van der Waals surface area contributed by atoms with Crippen LogP contribution in [0.2, 0.25) is 0 Å². The van der Waals surface area contributed by atoms with Crippen LogP contribution in [-0.2, 0) is 19.1 Å². The average Bonchev–Trinajstić information content (AvgIpc) is 3.11. The lowest BCUT2D eigenvalue weighted by Gasteiger charge is -2.25. The van der Waals surface area contributed by atoms with E-state index in [1.54, 1.807) is 24.3 Å². The largest absolute Gasteiger partial charge is 0.497 e. The van der Waals surface area contributed by atoms with Crippen molar-refractivity contribution in [2.45, 2.75) is 26.2 Å². The van der Waals surface area contributed by atoms with Gasteiger partial charge in [0, 0.05) is 5.56 Å². The molecule has 0 spiro atoms. The number of carbonyl (C=O) groups excluding carboxylic acids is 5. The van der Waals surface area contributed by atoms with Gasteiger partial charge < -0.3 is 14.2 Å². The van der Waals surface area contributed by atoms with Crippen LogP contribution in [0, 0.1) is 17.8 Å². The van der Waals surface area contributed by atoms with Crippen LogP contribution in [-0.4, -0.2) is 54.7 Å². The highest BCUT2D eigenvalue weighted by atomic mass is 16.5. The van der Waals surface area contributed by atoms with E-state index in [9.17, 15) is 24.0 Å². The van der Waals surface area contributed by atoms with Crippen molar-refractivity contribution in [3.05, 3.63) is 59.7 Å². The normalized spacial score (nSPS) is 21.1. The van der Waals surface area contributed by atoms with E-state index in [2.05, 4.69) is 0 Å². The highest BCUT2D eigenvalue weighted by Gasteiger charge is 2.49. The lowest BCUT2D eigenvalue weighted by molar-refractivity contribution is -0.152. The maximum atomic E-state index is 12.6. The molecular formula is C27H27NO8. The Morgan fingerprint density at radius 3 is 2.36 bits per heavy atom. The first-order valence-electron chi connectivity index (χ1n) is 11.8. The number of rotatable bonds is 8. The van der Waals surface area contributed by atoms with Crippen LogP contribution in [0.5, 0.6) is 11.5 Å². The Hall–Kier alpha value is -4.01. The van der Waals surface area contributed by atoms with Crippen molar-refractivity contribution in [2.75, 3.05) is 20.3 Å². The number of ketones is 1. The third kappa shape index (κ3) is 5.45. The summed E-state index contributed by atoms with van der Waals surface area (Å²) in [5.41, 5.74) is 0.558. The summed E-state index contributed by atoms with van der Waals surface area (Å²) in [6.45, 7) is 1.01. The zero-order chi connectivity index (χ0) is 25.8. The molecule has 0 bridgehead atoms. The van der Waals surface area contributed by atoms with Gasteiger partial charge in [-0.2, -0.15) is 0 Å². The number of hydrogen-bond acceptors (Lipinski definition) is 8. The summed E-state index contributed by atoms with van der Waals surface area (Å²) in [7, 11) is 1.50. The van der Waals surface area contributed by atoms with E-state index in [1.165, 1.54) is 31.4 Å². The summed E-state index contributed by atoms with van der Waals surface area (Å²) in [5, 5.41) is 0. The van der Waals surface area contributed by atoms with Crippen molar-refractivity contribution in [3.8, 4) is 11.5 Å². The average molecular weight is 494 g/mol. The third-order valence-electron chi connectivity index (χ3n) is 6.62. The summed E-state index contributed by atoms with van der Waals surface area (Å²) in [6, 6.07) is 12.3. The molecule has 1 aliphatic carbocycles. The molecule has 0 radical (unpaired) electrons. The molecule has 3 unspecified atom stereocenters. The predicted molar refractivity (Wildman–Crippen MR) is 126 cm³/mol. The van der Waals surface area contributed by atoms with Crippen molar-refractivity contribution in [1.29, 1.82) is 0 Å². The first-order chi connectivity index (χ1) is 17.3. The van der Waals surface area contributed by atoms with Crippen LogP contribution >= 0.6 is 0 Å². The van der Waals surface area contributed by atoms with Crippen LogP contribution in [0.1, 0.15) is 46.9 Å². The van der Waals surface area contributed by atoms with Gasteiger partial charge in [-0.1, -0.05) is 13.0 Å². The Morgan fingerprint density at radius 1 is 0.917 bits per heavy atom. The topological polar surface area (TPSA) is 116 Å². The zero-order valence-corrected chi connectivity index (χ0v) is 20.1. The van der Waals surface area contributed by atoms with Gasteiger partial charge in [-0.25, -0.2) is 4.79 Å². The fourth-order valence-corrected chi connectivity index (χ4v) is 4.64. The number of hydrogen-bond donors (Lipinski definition) is 0. The molecule has 1 saturated heterocycles. The number of methoxy groups -OCH3 is 1. The number of fused-ring (bicyclic) bond motifs is 1. The van der Waals surface area contributed by atoms with E-state index >= 15 is 0 Å². The van der Waals surface area contributed by atoms with Crippen LogP contribution in [0.4, 0.5) is 0 Å². The molecule has 0 aromatic heterocycles. The first kappa shape index (κ1) is 25.1. The van der Waals surface area contributed by atoms with Crippen molar-refractivity contribution < 1.29 is 38.2 Å². The van der Waals surface area contributed by atoms with Crippen LogP contribution in [0.15, 0.2) is 48.5 Å². The van der Waals surface area contributed by atoms with Gasteiger partial charge in [-0.15, -0.1) is 0 Å². The summed E-state index contributed by atoms with van der Waals surface area (Å²) in [5.74, 6) is -2.16. The Kier molecular flexibility index (Phi) is 7.47. The number of benzene rings is 2. The van der Waals surface area contributed by atoms with Gasteiger partial charge >= 0.3 is 11.9 Å². The van der Waals surface area contributed by atoms with E-state index in [0.29, 0.717) is 30.1 Å². The summed E-state index contributed by atoms with van der Waals surface area (Å²) in [6.07, 6.45) is 2.17. The quantitative estimate of drug-likeness (QED) is 0.238. The number of ether oxygens (including phenoxy) is 3. The number of esters is 2. The fourth-order valence-electron chi connectivity index (χ4n) is 4.64. The molecular weight excluding hydrogens is 466 g/mol. The van der Waals surface area contributed by atoms with E-state index in [4.69, 9.17) is 14.2 Å². The third-order valence-corrected chi connectivity index (χ3v) is 6.62. The van der Waals surface area contributed by atoms with Crippen molar-refractivity contribution in [2.24, 2.45) is 17.8 Å². The van der Waals surface area contributed by atoms with Gasteiger partial charge in [0.25, 0.3) is 0 Å². The molecule has 2 aliphatic rings. The molecule has 4 rings (SSSR count). The smallest absolute Gasteiger partial charge is 0.343 e. The molecule has 9 nitrogen and oxygen atoms in total. The Bertz CT molecular complexity index is 1190. The lowest BCUT2D eigenvalue weighted by Crippen LogP contribution is -2.37. The predicted octanol–water partition coefficient (Wildman–Crippen LogP) is 3.06. The van der Waals surface area contributed by atoms with E-state index < -0.39 is 30.9 Å². The molecule has 2 fully saturated rings. The van der Waals surface area contributed by atoms with Gasteiger partial charge in [0.15, 0.2) is 12.4 Å². The van der Waals surface area contributed by atoms with Crippen molar-refractivity contribution >= 4 is 29.5 Å². The fraction of sp³-hybridized carbons (Fsp3) is 0.370. The Labute approximate surface area is 208 Å². The zero-order valence-electron chi connectivity index (χ0n) is 20.1. The van der Waals surface area contributed by atoms with Gasteiger partial charge in [0.1, 0.15) is 18.0 Å². The molecule has 2 aromatic carbocycles. The summed E-state index contributed by atoms with van der Waals surface area (Å²) in [4.78, 5) is 63.2. The molecule has 2 aromatic rings. The molecule has 3 atom stereocenters. The molecule has 0 N–H and O–H groups in total. The molecule has 188 valence electrons. The molecule has 1 heterocycles. The second-order valence-electron chi connectivity index (χ2n) is 9.12. The first-order valence-corrected chi connectivity index (χ1v) is 11.8. The van der Waals surface area contributed by atoms with Gasteiger partial charge in [0.05, 0.1) is 24.5 Å². The number of imide groups is 1.